The van der Waals surface area contributed by atoms with E-state index < -0.39 is 11.9 Å². The highest BCUT2D eigenvalue weighted by molar-refractivity contribution is 6.08. The quantitative estimate of drug-likeness (QED) is 0.101. The van der Waals surface area contributed by atoms with Gasteiger partial charge in [0.2, 0.25) is 17.7 Å². The van der Waals surface area contributed by atoms with Crippen LogP contribution >= 0.6 is 0 Å². The van der Waals surface area contributed by atoms with E-state index in [1.54, 1.807) is 12.1 Å². The number of pyridine rings is 2. The van der Waals surface area contributed by atoms with E-state index in [0.717, 1.165) is 80.2 Å². The van der Waals surface area contributed by atoms with Crippen molar-refractivity contribution in [1.29, 1.82) is 0 Å². The maximum atomic E-state index is 12.9. The highest BCUT2D eigenvalue weighted by Gasteiger charge is 2.39. The summed E-state index contributed by atoms with van der Waals surface area (Å²) >= 11 is 0. The standard InChI is InChI=1S/C45H46N6O6/c1-49-39-14-17-46-27-38(39)37-9-6-29(23-41(37)49)30-7-13-43(47-26-30)57-35-24-34(25-35)56-32-15-19-50(20-16-32)18-4-2-3-5-21-55-33-8-10-36-31(22-33)28-51(45(36)54)40-11-12-42(52)48-44(40)53/h6-10,13-14,17,22-23,26-27,32,34-35,40H,2,4,11-12,15-16,18-21,24-25,28H2,1H3,(H,48,52,53)/t34-,35-,40?. The molecule has 3 amide bonds. The number of rotatable bonds is 11. The molecule has 1 aliphatic carbocycles. The van der Waals surface area contributed by atoms with Crippen LogP contribution in [0.25, 0.3) is 32.9 Å². The van der Waals surface area contributed by atoms with E-state index in [1.165, 1.54) is 21.3 Å². The van der Waals surface area contributed by atoms with Gasteiger partial charge in [-0.1, -0.05) is 24.0 Å². The number of carbonyl (C=O) groups is 3. The fourth-order valence-corrected chi connectivity index (χ4v) is 8.58. The van der Waals surface area contributed by atoms with Crippen LogP contribution in [0.3, 0.4) is 0 Å². The lowest BCUT2D eigenvalue weighted by Crippen LogP contribution is -2.52. The summed E-state index contributed by atoms with van der Waals surface area (Å²) in [4.78, 5) is 49.7. The van der Waals surface area contributed by atoms with Crippen molar-refractivity contribution < 1.29 is 28.6 Å². The van der Waals surface area contributed by atoms with Crippen molar-refractivity contribution in [1.82, 2.24) is 29.7 Å². The molecule has 1 unspecified atom stereocenters. The average Bonchev–Trinajstić information content (AvgIpc) is 3.69. The minimum absolute atomic E-state index is 0.137. The molecule has 2 aromatic carbocycles. The van der Waals surface area contributed by atoms with Crippen LogP contribution in [0.15, 0.2) is 73.2 Å². The molecular formula is C45H46N6O6. The summed E-state index contributed by atoms with van der Waals surface area (Å²) in [6, 6.07) is 17.4. The fraction of sp³-hybridized carbons (Fsp3) is 0.400. The Morgan fingerprint density at radius 1 is 0.860 bits per heavy atom. The third kappa shape index (κ3) is 7.82. The van der Waals surface area contributed by atoms with Gasteiger partial charge in [0.25, 0.3) is 5.91 Å². The number of nitrogens with one attached hydrogen (secondary N) is 1. The number of nitrogens with zero attached hydrogens (tertiary/aromatic N) is 5. The molecule has 0 radical (unpaired) electrons. The molecule has 5 aromatic rings. The molecule has 12 nitrogen and oxygen atoms in total. The molecule has 3 aromatic heterocycles. The maximum Gasteiger partial charge on any atom is 0.255 e. The molecular weight excluding hydrogens is 721 g/mol. The summed E-state index contributed by atoms with van der Waals surface area (Å²) in [7, 11) is 2.09. The Morgan fingerprint density at radius 2 is 1.72 bits per heavy atom. The largest absolute Gasteiger partial charge is 0.481 e. The van der Waals surface area contributed by atoms with E-state index in [1.807, 2.05) is 30.7 Å². The van der Waals surface area contributed by atoms with Crippen molar-refractivity contribution in [2.45, 2.75) is 82.3 Å². The number of aromatic nitrogens is 3. The van der Waals surface area contributed by atoms with Crippen molar-refractivity contribution in [2.24, 2.45) is 7.05 Å². The Bertz CT molecular complexity index is 2380. The van der Waals surface area contributed by atoms with Gasteiger partial charge in [0.15, 0.2) is 0 Å². The number of carbonyl (C=O) groups excluding carboxylic acids is 3. The van der Waals surface area contributed by atoms with Crippen LogP contribution in [0.4, 0.5) is 0 Å². The number of hydrogen-bond acceptors (Lipinski definition) is 9. The Labute approximate surface area is 331 Å². The Morgan fingerprint density at radius 3 is 2.54 bits per heavy atom. The molecule has 2 saturated heterocycles. The van der Waals surface area contributed by atoms with Crippen molar-refractivity contribution >= 4 is 39.5 Å². The number of hydrogen-bond donors (Lipinski definition) is 1. The van der Waals surface area contributed by atoms with E-state index in [-0.39, 0.29) is 37.0 Å². The van der Waals surface area contributed by atoms with E-state index in [2.05, 4.69) is 74.0 Å². The summed E-state index contributed by atoms with van der Waals surface area (Å²) in [5.74, 6) is 6.74. The number of piperidine rings is 2. The highest BCUT2D eigenvalue weighted by atomic mass is 16.5. The normalized spacial score (nSPS) is 21.2. The molecule has 57 heavy (non-hydrogen) atoms. The predicted octanol–water partition coefficient (Wildman–Crippen LogP) is 5.80. The zero-order chi connectivity index (χ0) is 38.9. The molecule has 6 heterocycles. The zero-order valence-corrected chi connectivity index (χ0v) is 32.1. The SMILES string of the molecule is Cn1c2ccncc2c2ccc(-c3ccc(O[C@H]4C[C@H](OC5CCN(CCCC#CCOc6ccc7c(c6)CN(C6CCC(=O)NC6=O)C7=O)CC5)C4)nc3)cc21. The van der Waals surface area contributed by atoms with Crippen LogP contribution in [0.1, 0.15) is 67.3 Å². The van der Waals surface area contributed by atoms with Gasteiger partial charge < -0.3 is 28.6 Å². The average molecular weight is 767 g/mol. The molecule has 9 rings (SSSR count). The molecule has 3 aliphatic heterocycles. The van der Waals surface area contributed by atoms with Crippen LogP contribution in [0.5, 0.6) is 11.6 Å². The zero-order valence-electron chi connectivity index (χ0n) is 32.1. The van der Waals surface area contributed by atoms with Crippen LogP contribution in [0, 0.1) is 11.8 Å². The molecule has 1 N–H and O–H groups in total. The van der Waals surface area contributed by atoms with Crippen LogP contribution in [0.2, 0.25) is 0 Å². The van der Waals surface area contributed by atoms with Crippen molar-refractivity contribution in [3.05, 3.63) is 84.3 Å². The molecule has 292 valence electrons. The molecule has 12 heteroatoms. The number of likely N-dealkylation sites (tertiary alicyclic amines) is 1. The molecule has 1 atom stereocenters. The van der Waals surface area contributed by atoms with Gasteiger partial charge in [-0.3, -0.25) is 24.7 Å². The summed E-state index contributed by atoms with van der Waals surface area (Å²) in [6.45, 7) is 3.69. The molecule has 3 fully saturated rings. The van der Waals surface area contributed by atoms with E-state index in [0.29, 0.717) is 36.3 Å². The summed E-state index contributed by atoms with van der Waals surface area (Å²) < 4.78 is 20.7. The second-order valence-electron chi connectivity index (χ2n) is 15.5. The lowest BCUT2D eigenvalue weighted by Gasteiger charge is -2.39. The molecule has 0 bridgehead atoms. The first-order valence-corrected chi connectivity index (χ1v) is 20.1. The first-order chi connectivity index (χ1) is 27.9. The lowest BCUT2D eigenvalue weighted by molar-refractivity contribution is -0.136. The van der Waals surface area contributed by atoms with Crippen LogP contribution < -0.4 is 14.8 Å². The Hall–Kier alpha value is -5.77. The second kappa shape index (κ2) is 16.0. The number of ether oxygens (including phenoxy) is 3. The topological polar surface area (TPSA) is 128 Å². The number of unbranched alkanes of at least 4 members (excludes halogenated alkanes) is 1. The van der Waals surface area contributed by atoms with Gasteiger partial charge in [-0.2, -0.15) is 0 Å². The summed E-state index contributed by atoms with van der Waals surface area (Å²) in [6.07, 6.45) is 12.6. The lowest BCUT2D eigenvalue weighted by atomic mass is 9.91. The third-order valence-electron chi connectivity index (χ3n) is 11.8. The number of amides is 3. The van der Waals surface area contributed by atoms with Gasteiger partial charge >= 0.3 is 0 Å². The molecule has 4 aliphatic rings. The maximum absolute atomic E-state index is 12.9. The first-order valence-electron chi connectivity index (χ1n) is 20.1. The minimum atomic E-state index is -0.627. The van der Waals surface area contributed by atoms with E-state index in [4.69, 9.17) is 14.2 Å². The van der Waals surface area contributed by atoms with Gasteiger partial charge in [-0.25, -0.2) is 4.98 Å². The minimum Gasteiger partial charge on any atom is -0.481 e. The smallest absolute Gasteiger partial charge is 0.255 e. The molecule has 1 saturated carbocycles. The second-order valence-corrected chi connectivity index (χ2v) is 15.5. The third-order valence-corrected chi connectivity index (χ3v) is 11.8. The van der Waals surface area contributed by atoms with Gasteiger partial charge in [-0.15, -0.1) is 0 Å². The molecule has 0 spiro atoms. The van der Waals surface area contributed by atoms with E-state index >= 15 is 0 Å². The Balaban J connectivity index is 0.646. The summed E-state index contributed by atoms with van der Waals surface area (Å²) in [5, 5.41) is 4.70. The van der Waals surface area contributed by atoms with Gasteiger partial charge in [0.05, 0.1) is 17.7 Å². The fourth-order valence-electron chi connectivity index (χ4n) is 8.58. The van der Waals surface area contributed by atoms with Gasteiger partial charge in [0.1, 0.15) is 24.5 Å². The van der Waals surface area contributed by atoms with Crippen LogP contribution in [-0.4, -0.2) is 92.7 Å². The highest BCUT2D eigenvalue weighted by Crippen LogP contribution is 2.34. The van der Waals surface area contributed by atoms with Crippen LogP contribution in [-0.2, 0) is 27.9 Å². The first kappa shape index (κ1) is 36.8. The number of benzene rings is 2. The number of imide groups is 1. The monoisotopic (exact) mass is 766 g/mol. The van der Waals surface area contributed by atoms with Gasteiger partial charge in [0, 0.05) is 104 Å². The number of fused-ring (bicyclic) bond motifs is 4. The summed E-state index contributed by atoms with van der Waals surface area (Å²) in [5.41, 5.74) is 5.91. The Kier molecular flexibility index (Phi) is 10.3. The predicted molar refractivity (Wildman–Crippen MR) is 214 cm³/mol. The van der Waals surface area contributed by atoms with E-state index in [9.17, 15) is 14.4 Å². The van der Waals surface area contributed by atoms with Gasteiger partial charge in [-0.05, 0) is 79.8 Å². The van der Waals surface area contributed by atoms with Crippen molar-refractivity contribution in [3.63, 3.8) is 0 Å². The number of aryl methyl sites for hydroxylation is 1. The van der Waals surface area contributed by atoms with Crippen molar-refractivity contribution in [2.75, 3.05) is 26.2 Å². The van der Waals surface area contributed by atoms with Crippen molar-refractivity contribution in [3.8, 4) is 34.6 Å².